The first-order valence-corrected chi connectivity index (χ1v) is 4.81. The van der Waals surface area contributed by atoms with Crippen molar-refractivity contribution in [2.75, 3.05) is 0 Å². The van der Waals surface area contributed by atoms with Crippen LogP contribution in [0.15, 0.2) is 0 Å². The van der Waals surface area contributed by atoms with Gasteiger partial charge in [0.15, 0.2) is 0 Å². The Labute approximate surface area is 109 Å². The molecule has 0 bridgehead atoms. The molecule has 1 heterocycles. The van der Waals surface area contributed by atoms with E-state index >= 15 is 0 Å². The van der Waals surface area contributed by atoms with Crippen molar-refractivity contribution < 1.29 is 25.2 Å². The topological polar surface area (TPSA) is 98.7 Å². The zero-order valence-electron chi connectivity index (χ0n) is 4.66. The van der Waals surface area contributed by atoms with E-state index < -0.39 is 37.5 Å². The third-order valence-corrected chi connectivity index (χ3v) is 2.19. The molecule has 0 saturated carbocycles. The van der Waals surface area contributed by atoms with Crippen molar-refractivity contribution in [3.8, 4) is 0 Å². The maximum absolute atomic E-state index is 9.50. The number of rotatable bonds is 0. The predicted octanol–water partition coefficient (Wildman–Crippen LogP) is -3.14. The minimum atomic E-state index is -2.33. The quantitative estimate of drug-likeness (QED) is 0.352. The fourth-order valence-corrected chi connectivity index (χ4v) is 0.664. The van der Waals surface area contributed by atoms with Gasteiger partial charge in [0.1, 0.15) is 0 Å². The van der Waals surface area contributed by atoms with Crippen LogP contribution in [0.25, 0.3) is 0 Å². The van der Waals surface area contributed by atoms with Crippen LogP contribution in [0, 0.1) is 0 Å². The van der Waals surface area contributed by atoms with E-state index in [1.165, 1.54) is 0 Å². The van der Waals surface area contributed by atoms with E-state index in [4.69, 9.17) is 15.0 Å². The van der Waals surface area contributed by atoms with E-state index in [-0.39, 0.29) is 48.9 Å². The summed E-state index contributed by atoms with van der Waals surface area (Å²) in [5.74, 6) is 0. The second kappa shape index (κ2) is 8.13. The molecule has 6 nitrogen and oxygen atoms in total. The second-order valence-electron chi connectivity index (χ2n) is 0.787. The van der Waals surface area contributed by atoms with E-state index in [2.05, 4.69) is 5.37 Å². The molecule has 1 fully saturated rings. The third kappa shape index (κ3) is 11.8. The molecule has 1 aliphatic rings. The van der Waals surface area contributed by atoms with Crippen LogP contribution >= 0.6 is 0 Å². The van der Waals surface area contributed by atoms with Crippen LogP contribution in [0.2, 0.25) is 0 Å². The van der Waals surface area contributed by atoms with Crippen molar-refractivity contribution in [2.45, 2.75) is 0 Å². The van der Waals surface area contributed by atoms with Crippen LogP contribution in [-0.2, 0) is 5.37 Å². The summed E-state index contributed by atoms with van der Waals surface area (Å²) in [6, 6.07) is 0. The van der Waals surface area contributed by atoms with Crippen molar-refractivity contribution in [3.63, 3.8) is 0 Å². The Hall–Kier alpha value is 1.03. The Balaban J connectivity index is 0. The normalized spacial score (nSPS) is 11.8. The van der Waals surface area contributed by atoms with Gasteiger partial charge in [-0.3, -0.25) is 0 Å². The largest absolute Gasteiger partial charge is 2.00 e. The van der Waals surface area contributed by atoms with Gasteiger partial charge in [0, 0.05) is 0 Å². The van der Waals surface area contributed by atoms with Crippen LogP contribution in [0.1, 0.15) is 0 Å². The fourth-order valence-electron chi connectivity index (χ4n) is 0.0757. The summed E-state index contributed by atoms with van der Waals surface area (Å²) in [6.45, 7) is 0. The van der Waals surface area contributed by atoms with Crippen molar-refractivity contribution in [3.05, 3.63) is 0 Å². The van der Waals surface area contributed by atoms with Crippen LogP contribution < -0.4 is 10.2 Å². The summed E-state index contributed by atoms with van der Waals surface area (Å²) in [6.07, 6.45) is -2.81. The van der Waals surface area contributed by atoms with Gasteiger partial charge < -0.3 is 15.0 Å². The number of carbonyl (C=O) groups is 2. The molecule has 10 heavy (non-hydrogen) atoms. The van der Waals surface area contributed by atoms with Gasteiger partial charge >= 0.3 is 90.3 Å². The molecule has 1 saturated heterocycles. The van der Waals surface area contributed by atoms with Gasteiger partial charge in [0.25, 0.3) is 0 Å². The van der Waals surface area contributed by atoms with Crippen LogP contribution in [0.3, 0.4) is 0 Å². The SMILES string of the molecule is O=C([O-])[O-].O=C1[O][Pb][O]1.[Ba+2]. The molecule has 0 aromatic carbocycles. The van der Waals surface area contributed by atoms with Gasteiger partial charge in [-0.2, -0.15) is 0 Å². The Morgan fingerprint density at radius 1 is 1.40 bits per heavy atom. The maximum Gasteiger partial charge on any atom is 2.00 e. The van der Waals surface area contributed by atoms with Gasteiger partial charge in [-0.1, -0.05) is 0 Å². The number of carbonyl (C=O) groups excluding carboxylic acids is 2. The molecule has 2 radical (unpaired) electrons. The maximum atomic E-state index is 9.50. The average Bonchev–Trinajstić information content (AvgIpc) is 1.59. The Bertz CT molecular complexity index is 115. The summed E-state index contributed by atoms with van der Waals surface area (Å²) < 4.78 is 8.53. The van der Waals surface area contributed by atoms with Gasteiger partial charge in [-0.15, -0.1) is 0 Å². The molecule has 0 spiro atoms. The standard InChI is InChI=1S/2CH2O3.Ba.Pb/c2*2-1(3)4;;/h2*(H2,2,3,4);;/q;;2*+2/p-4. The molecule has 0 N–H and O–H groups in total. The van der Waals surface area contributed by atoms with Crippen molar-refractivity contribution >= 4 is 86.3 Å². The van der Waals surface area contributed by atoms with Crippen molar-refractivity contribution in [1.29, 1.82) is 0 Å². The number of carboxylic acid groups (broad SMARTS) is 2. The molecule has 0 aliphatic carbocycles. The fraction of sp³-hybridized carbons (Fsp3) is 0. The summed E-state index contributed by atoms with van der Waals surface area (Å²) in [4.78, 5) is 17.8. The van der Waals surface area contributed by atoms with Crippen molar-refractivity contribution in [1.82, 2.24) is 0 Å². The smallest absolute Gasteiger partial charge is 2.00 e. The molecule has 0 unspecified atom stereocenters. The molecule has 1 rings (SSSR count). The molecular formula is C2BaO6Pb. The predicted molar refractivity (Wildman–Crippen MR) is 24.5 cm³/mol. The number of hydrogen-bond acceptors (Lipinski definition) is 6. The summed E-state index contributed by atoms with van der Waals surface area (Å²) in [7, 11) is 0. The minimum absolute atomic E-state index is 0. The minimum Gasteiger partial charge on any atom is 2.00 e. The first kappa shape index (κ1) is 13.6. The summed E-state index contributed by atoms with van der Waals surface area (Å²) in [5, 5.41) is 16.7. The zero-order chi connectivity index (χ0) is 7.28. The van der Waals surface area contributed by atoms with Gasteiger partial charge in [-0.25, -0.2) is 0 Å². The van der Waals surface area contributed by atoms with E-state index in [1.807, 2.05) is 0 Å². The van der Waals surface area contributed by atoms with E-state index in [1.54, 1.807) is 0 Å². The van der Waals surface area contributed by atoms with Gasteiger partial charge in [0.05, 0.1) is 0 Å². The molecule has 0 amide bonds. The monoisotopic (exact) mass is 466 g/mol. The molecule has 0 atom stereocenters. The van der Waals surface area contributed by atoms with E-state index in [9.17, 15) is 4.79 Å². The average molecular weight is 465 g/mol. The Morgan fingerprint density at radius 2 is 1.60 bits per heavy atom. The summed E-state index contributed by atoms with van der Waals surface area (Å²) >= 11 is -1.16. The molecule has 50 valence electrons. The molecule has 1 aliphatic heterocycles. The van der Waals surface area contributed by atoms with Gasteiger partial charge in [-0.05, 0) is 6.16 Å². The van der Waals surface area contributed by atoms with Gasteiger partial charge in [0.2, 0.25) is 0 Å². The molecule has 0 aromatic heterocycles. The van der Waals surface area contributed by atoms with Crippen LogP contribution in [0.4, 0.5) is 9.59 Å². The Kier molecular flexibility index (Phi) is 11.1. The summed E-state index contributed by atoms with van der Waals surface area (Å²) in [5.41, 5.74) is 0. The van der Waals surface area contributed by atoms with Crippen LogP contribution in [0.5, 0.6) is 0 Å². The van der Waals surface area contributed by atoms with E-state index in [0.717, 1.165) is 0 Å². The zero-order valence-corrected chi connectivity index (χ0v) is 13.0. The number of hydrogen-bond donors (Lipinski definition) is 0. The molecule has 8 heteroatoms. The van der Waals surface area contributed by atoms with Crippen molar-refractivity contribution in [2.24, 2.45) is 0 Å². The molecule has 0 aromatic rings. The first-order chi connectivity index (χ1) is 4.13. The second-order valence-corrected chi connectivity index (χ2v) is 3.02. The molecular weight excluding hydrogens is 465 g/mol. The van der Waals surface area contributed by atoms with E-state index in [0.29, 0.717) is 0 Å². The Morgan fingerprint density at radius 3 is 1.60 bits per heavy atom. The first-order valence-electron chi connectivity index (χ1n) is 1.63. The third-order valence-electron chi connectivity index (χ3n) is 0.250. The van der Waals surface area contributed by atoms with Crippen LogP contribution in [-0.4, -0.2) is 86.3 Å².